The van der Waals surface area contributed by atoms with Gasteiger partial charge in [0.15, 0.2) is 0 Å². The maximum Gasteiger partial charge on any atom is 0.344 e. The number of nitro groups is 1. The van der Waals surface area contributed by atoms with Gasteiger partial charge in [-0.25, -0.2) is 14.4 Å². The van der Waals surface area contributed by atoms with Gasteiger partial charge in [-0.2, -0.15) is 0 Å². The molecule has 0 amide bonds. The third-order valence-corrected chi connectivity index (χ3v) is 2.52. The van der Waals surface area contributed by atoms with E-state index in [2.05, 4.69) is 14.2 Å². The number of rotatable bonds is 4. The lowest BCUT2D eigenvalue weighted by molar-refractivity contribution is -0.385. The predicted molar refractivity (Wildman–Crippen MR) is 67.1 cm³/mol. The highest BCUT2D eigenvalue weighted by atomic mass is 16.6. The first-order valence-corrected chi connectivity index (χ1v) is 5.44. The van der Waals surface area contributed by atoms with Crippen molar-refractivity contribution < 1.29 is 33.5 Å². The van der Waals surface area contributed by atoms with Crippen molar-refractivity contribution in [1.29, 1.82) is 0 Å². The van der Waals surface area contributed by atoms with Crippen LogP contribution in [0.3, 0.4) is 0 Å². The van der Waals surface area contributed by atoms with E-state index in [1.165, 1.54) is 0 Å². The number of carbonyl (C=O) groups excluding carboxylic acids is 3. The second-order valence-corrected chi connectivity index (χ2v) is 3.65. The zero-order valence-electron chi connectivity index (χ0n) is 11.4. The maximum atomic E-state index is 11.6. The zero-order valence-corrected chi connectivity index (χ0v) is 11.4. The number of methoxy groups -OCH3 is 3. The maximum absolute atomic E-state index is 11.6. The highest BCUT2D eigenvalue weighted by Crippen LogP contribution is 2.27. The van der Waals surface area contributed by atoms with E-state index in [1.807, 2.05) is 0 Å². The first-order valence-electron chi connectivity index (χ1n) is 5.44. The number of carbonyl (C=O) groups is 3. The molecule has 9 heteroatoms. The van der Waals surface area contributed by atoms with E-state index in [1.54, 1.807) is 0 Å². The van der Waals surface area contributed by atoms with Crippen molar-refractivity contribution in [3.8, 4) is 0 Å². The van der Waals surface area contributed by atoms with Crippen LogP contribution >= 0.6 is 0 Å². The Morgan fingerprint density at radius 1 is 0.905 bits per heavy atom. The number of hydrogen-bond donors (Lipinski definition) is 0. The highest BCUT2D eigenvalue weighted by Gasteiger charge is 2.32. The average Bonchev–Trinajstić information content (AvgIpc) is 2.50. The lowest BCUT2D eigenvalue weighted by atomic mass is 10.0. The molecule has 0 heterocycles. The van der Waals surface area contributed by atoms with Gasteiger partial charge in [0, 0.05) is 0 Å². The van der Waals surface area contributed by atoms with Crippen LogP contribution in [0.15, 0.2) is 12.1 Å². The monoisotopic (exact) mass is 297 g/mol. The second kappa shape index (κ2) is 6.46. The Morgan fingerprint density at radius 3 is 1.57 bits per heavy atom. The van der Waals surface area contributed by atoms with Crippen molar-refractivity contribution in [3.05, 3.63) is 38.9 Å². The van der Waals surface area contributed by atoms with E-state index in [9.17, 15) is 24.5 Å². The van der Waals surface area contributed by atoms with Gasteiger partial charge in [0.1, 0.15) is 11.1 Å². The molecule has 0 bridgehead atoms. The van der Waals surface area contributed by atoms with Crippen LogP contribution in [-0.2, 0) is 14.2 Å². The Morgan fingerprint density at radius 2 is 1.29 bits per heavy atom. The topological polar surface area (TPSA) is 122 Å². The molecule has 9 nitrogen and oxygen atoms in total. The summed E-state index contributed by atoms with van der Waals surface area (Å²) in [6.45, 7) is 0. The van der Waals surface area contributed by atoms with Gasteiger partial charge >= 0.3 is 17.9 Å². The molecule has 21 heavy (non-hydrogen) atoms. The van der Waals surface area contributed by atoms with Gasteiger partial charge in [0.25, 0.3) is 5.69 Å². The van der Waals surface area contributed by atoms with Crippen molar-refractivity contribution in [2.24, 2.45) is 0 Å². The second-order valence-electron chi connectivity index (χ2n) is 3.65. The van der Waals surface area contributed by atoms with Crippen LogP contribution in [0.25, 0.3) is 0 Å². The molecular formula is C12H11NO8. The standard InChI is InChI=1S/C12H11NO8/c1-19-10(14)6-4-7(11(15)20-2)9(13(17)18)8(5-6)12(16)21-3/h4-5H,1-3H3. The molecule has 0 N–H and O–H groups in total. The minimum absolute atomic E-state index is 0.219. The Balaban J connectivity index is 3.73. The van der Waals surface area contributed by atoms with E-state index in [-0.39, 0.29) is 5.56 Å². The Kier molecular flexibility index (Phi) is 4.95. The largest absolute Gasteiger partial charge is 0.465 e. The van der Waals surface area contributed by atoms with Crippen LogP contribution in [0, 0.1) is 10.1 Å². The molecular weight excluding hydrogens is 286 g/mol. The summed E-state index contributed by atoms with van der Waals surface area (Å²) in [7, 11) is 3.10. The molecule has 0 unspecified atom stereocenters. The molecule has 0 spiro atoms. The molecule has 0 saturated heterocycles. The van der Waals surface area contributed by atoms with Crippen LogP contribution in [0.1, 0.15) is 31.1 Å². The molecule has 0 atom stereocenters. The van der Waals surface area contributed by atoms with Crippen LogP contribution in [-0.4, -0.2) is 44.2 Å². The minimum atomic E-state index is -1.07. The summed E-state index contributed by atoms with van der Waals surface area (Å²) in [6, 6.07) is 1.84. The Bertz CT molecular complexity index is 585. The molecule has 0 aliphatic carbocycles. The first kappa shape index (κ1) is 16.1. The molecule has 0 fully saturated rings. The molecule has 112 valence electrons. The summed E-state index contributed by atoms with van der Waals surface area (Å²) >= 11 is 0. The summed E-state index contributed by atoms with van der Waals surface area (Å²) in [5, 5.41) is 11.1. The molecule has 1 aromatic carbocycles. The van der Waals surface area contributed by atoms with Crippen LogP contribution < -0.4 is 0 Å². The van der Waals surface area contributed by atoms with Crippen molar-refractivity contribution in [1.82, 2.24) is 0 Å². The number of esters is 3. The number of benzene rings is 1. The van der Waals surface area contributed by atoms with Gasteiger partial charge in [-0.15, -0.1) is 0 Å². The fourth-order valence-corrected chi connectivity index (χ4v) is 1.60. The quantitative estimate of drug-likeness (QED) is 0.348. The van der Waals surface area contributed by atoms with E-state index >= 15 is 0 Å². The van der Waals surface area contributed by atoms with Crippen LogP contribution in [0.4, 0.5) is 5.69 Å². The number of ether oxygens (including phenoxy) is 3. The number of nitro benzene ring substituents is 1. The summed E-state index contributed by atoms with van der Waals surface area (Å²) in [5.41, 5.74) is -2.12. The number of nitrogens with zero attached hydrogens (tertiary/aromatic N) is 1. The Hall–Kier alpha value is -2.97. The predicted octanol–water partition coefficient (Wildman–Crippen LogP) is 0.955. The molecule has 0 saturated carbocycles. The smallest absolute Gasteiger partial charge is 0.344 e. The molecule has 0 aliphatic heterocycles. The summed E-state index contributed by atoms with van der Waals surface area (Å²) in [6.07, 6.45) is 0. The summed E-state index contributed by atoms with van der Waals surface area (Å²) < 4.78 is 13.3. The lowest BCUT2D eigenvalue weighted by Crippen LogP contribution is -2.15. The normalized spacial score (nSPS) is 9.67. The van der Waals surface area contributed by atoms with Crippen molar-refractivity contribution >= 4 is 23.6 Å². The first-order chi connectivity index (χ1) is 9.87. The van der Waals surface area contributed by atoms with Gasteiger partial charge < -0.3 is 14.2 Å². The molecule has 0 aliphatic rings. The fourth-order valence-electron chi connectivity index (χ4n) is 1.60. The Labute approximate surface area is 118 Å². The molecule has 0 aromatic heterocycles. The van der Waals surface area contributed by atoms with E-state index < -0.39 is 39.6 Å². The van der Waals surface area contributed by atoms with E-state index in [0.717, 1.165) is 33.5 Å². The SMILES string of the molecule is COC(=O)c1cc(C(=O)OC)c([N+](=O)[O-])c(C(=O)OC)c1. The number of hydrogen-bond acceptors (Lipinski definition) is 8. The van der Waals surface area contributed by atoms with Crippen LogP contribution in [0.5, 0.6) is 0 Å². The highest BCUT2D eigenvalue weighted by molar-refractivity contribution is 6.05. The lowest BCUT2D eigenvalue weighted by Gasteiger charge is -2.08. The van der Waals surface area contributed by atoms with E-state index in [0.29, 0.717) is 0 Å². The average molecular weight is 297 g/mol. The van der Waals surface area contributed by atoms with Crippen molar-refractivity contribution in [3.63, 3.8) is 0 Å². The van der Waals surface area contributed by atoms with Gasteiger partial charge in [0.2, 0.25) is 0 Å². The summed E-state index contributed by atoms with van der Waals surface area (Å²) in [4.78, 5) is 45.0. The van der Waals surface area contributed by atoms with Crippen molar-refractivity contribution in [2.75, 3.05) is 21.3 Å². The van der Waals surface area contributed by atoms with Crippen molar-refractivity contribution in [2.45, 2.75) is 0 Å². The third kappa shape index (κ3) is 3.14. The van der Waals surface area contributed by atoms with E-state index in [4.69, 9.17) is 0 Å². The summed E-state index contributed by atoms with van der Waals surface area (Å²) in [5.74, 6) is -3.02. The zero-order chi connectivity index (χ0) is 16.2. The molecule has 1 rings (SSSR count). The third-order valence-electron chi connectivity index (χ3n) is 2.52. The van der Waals surface area contributed by atoms with Crippen LogP contribution in [0.2, 0.25) is 0 Å². The van der Waals surface area contributed by atoms with Gasteiger partial charge in [-0.05, 0) is 12.1 Å². The van der Waals surface area contributed by atoms with Gasteiger partial charge in [0.05, 0.1) is 31.8 Å². The minimum Gasteiger partial charge on any atom is -0.465 e. The molecule has 0 radical (unpaired) electrons. The van der Waals surface area contributed by atoms with Gasteiger partial charge in [-0.3, -0.25) is 10.1 Å². The molecule has 1 aromatic rings. The fraction of sp³-hybridized carbons (Fsp3) is 0.250. The van der Waals surface area contributed by atoms with Gasteiger partial charge in [-0.1, -0.05) is 0 Å².